The van der Waals surface area contributed by atoms with Gasteiger partial charge in [0, 0.05) is 0 Å². The van der Waals surface area contributed by atoms with Crippen molar-refractivity contribution < 1.29 is 17.0 Å². The van der Waals surface area contributed by atoms with Crippen LogP contribution in [0, 0.1) is 6.92 Å². The molecule has 0 saturated carbocycles. The van der Waals surface area contributed by atoms with Gasteiger partial charge in [-0.05, 0) is 22.4 Å². The Morgan fingerprint density at radius 3 is 2.17 bits per heavy atom. The van der Waals surface area contributed by atoms with Crippen LogP contribution >= 0.6 is 18.6 Å². The minimum Gasteiger partial charge on any atom is -0.693 e. The number of halogens is 2. The van der Waals surface area contributed by atoms with Crippen molar-refractivity contribution in [3.63, 3.8) is 0 Å². The van der Waals surface area contributed by atoms with Crippen LogP contribution in [0.4, 0.5) is 0 Å². The Kier molecular flexibility index (Phi) is 7.83. The van der Waals surface area contributed by atoms with E-state index < -0.39 is 17.0 Å². The molecule has 30 heavy (non-hydrogen) atoms. The maximum Gasteiger partial charge on any atom is -0.693 e. The molecule has 4 heteroatoms. The summed E-state index contributed by atoms with van der Waals surface area (Å²) in [7, 11) is 9.78. The Bertz CT molecular complexity index is 1170. The van der Waals surface area contributed by atoms with Crippen molar-refractivity contribution in [2.75, 3.05) is 0 Å². The molecule has 0 aliphatic heterocycles. The van der Waals surface area contributed by atoms with Gasteiger partial charge in [-0.15, -0.1) is 17.2 Å². The van der Waals surface area contributed by atoms with Crippen molar-refractivity contribution in [1.29, 1.82) is 0 Å². The molecule has 4 aromatic rings. The SMILES string of the molecule is [CH2-]c1c(C2C=Cc3ccccc32)cc2ccccc2c1-c1ccccc1.[Cl][Ti][Cl].[NH2-]. The predicted molar refractivity (Wildman–Crippen MR) is 128 cm³/mol. The van der Waals surface area contributed by atoms with Crippen LogP contribution in [0.1, 0.15) is 28.2 Å². The number of fused-ring (bicyclic) bond motifs is 2. The van der Waals surface area contributed by atoms with E-state index in [1.807, 2.05) is 0 Å². The van der Waals surface area contributed by atoms with E-state index >= 15 is 0 Å². The summed E-state index contributed by atoms with van der Waals surface area (Å²) < 4.78 is 0. The fraction of sp³-hybridized carbons (Fsp3) is 0.0385. The molecule has 0 amide bonds. The number of allylic oxidation sites excluding steroid dienone is 1. The van der Waals surface area contributed by atoms with Gasteiger partial charge in [0.15, 0.2) is 0 Å². The Morgan fingerprint density at radius 2 is 1.40 bits per heavy atom. The van der Waals surface area contributed by atoms with E-state index in [2.05, 4.69) is 104 Å². The summed E-state index contributed by atoms with van der Waals surface area (Å²) in [6.45, 7) is 4.53. The zero-order valence-corrected chi connectivity index (χ0v) is 19.4. The zero-order valence-electron chi connectivity index (χ0n) is 16.4. The Balaban J connectivity index is 0.000000606. The summed E-state index contributed by atoms with van der Waals surface area (Å²) in [6, 6.07) is 30.2. The van der Waals surface area contributed by atoms with Crippen LogP contribution in [0.5, 0.6) is 0 Å². The van der Waals surface area contributed by atoms with Gasteiger partial charge in [0.1, 0.15) is 0 Å². The van der Waals surface area contributed by atoms with Crippen molar-refractivity contribution in [2.45, 2.75) is 5.92 Å². The molecular weight excluding hydrogens is 445 g/mol. The van der Waals surface area contributed by atoms with Crippen molar-refractivity contribution in [3.05, 3.63) is 126 Å². The minimum absolute atomic E-state index is 0. The van der Waals surface area contributed by atoms with Gasteiger partial charge < -0.3 is 6.15 Å². The summed E-state index contributed by atoms with van der Waals surface area (Å²) in [5.74, 6) is 0.269. The van der Waals surface area contributed by atoms with Gasteiger partial charge in [-0.3, -0.25) is 0 Å². The molecule has 0 radical (unpaired) electrons. The average molecular weight is 466 g/mol. The van der Waals surface area contributed by atoms with Crippen LogP contribution in [0.2, 0.25) is 0 Å². The Morgan fingerprint density at radius 1 is 0.767 bits per heavy atom. The summed E-state index contributed by atoms with van der Waals surface area (Å²) >= 11 is -0.556. The maximum atomic E-state index is 4.89. The second-order valence-electron chi connectivity index (χ2n) is 6.94. The Labute approximate surface area is 195 Å². The molecule has 0 aromatic heterocycles. The average Bonchev–Trinajstić information content (AvgIpc) is 3.18. The van der Waals surface area contributed by atoms with Gasteiger partial charge in [0.2, 0.25) is 0 Å². The van der Waals surface area contributed by atoms with Crippen molar-refractivity contribution in [3.8, 4) is 11.1 Å². The maximum absolute atomic E-state index is 4.89. The van der Waals surface area contributed by atoms with Crippen LogP contribution in [-0.2, 0) is 17.0 Å². The van der Waals surface area contributed by atoms with Crippen molar-refractivity contribution in [2.24, 2.45) is 0 Å². The molecule has 150 valence electrons. The first kappa shape index (κ1) is 22.7. The van der Waals surface area contributed by atoms with Crippen LogP contribution in [0.25, 0.3) is 34.1 Å². The smallest absolute Gasteiger partial charge is 0.693 e. The number of hydrogen-bond acceptors (Lipinski definition) is 0. The molecule has 0 heterocycles. The van der Waals surface area contributed by atoms with Crippen LogP contribution in [0.3, 0.4) is 0 Å². The first-order chi connectivity index (χ1) is 14.2. The van der Waals surface area contributed by atoms with E-state index in [1.54, 1.807) is 0 Å². The molecule has 4 aromatic carbocycles. The van der Waals surface area contributed by atoms with Gasteiger partial charge in [0.05, 0.1) is 0 Å². The standard InChI is InChI=1S/C26H19.2ClH.H2N.Ti/c1-18-25(24-16-15-19-9-5-7-13-22(19)24)17-21-12-6-8-14-23(21)26(18)20-10-3-2-4-11-20;;;;/h2-17,24H,1H2;2*1H;1H2;/q-1;;;-1;+2/p-2. The Hall–Kier alpha value is -2.00. The topological polar surface area (TPSA) is 33.5 Å². The van der Waals surface area contributed by atoms with Crippen LogP contribution in [-0.4, -0.2) is 0 Å². The fourth-order valence-electron chi connectivity index (χ4n) is 4.14. The van der Waals surface area contributed by atoms with E-state index in [-0.39, 0.29) is 12.1 Å². The molecule has 1 aliphatic carbocycles. The third-order valence-electron chi connectivity index (χ3n) is 5.39. The molecule has 1 atom stereocenters. The molecule has 2 N–H and O–H groups in total. The number of rotatable bonds is 2. The van der Waals surface area contributed by atoms with Crippen molar-refractivity contribution in [1.82, 2.24) is 0 Å². The largest absolute Gasteiger partial charge is 0.693 e. The third-order valence-corrected chi connectivity index (χ3v) is 5.39. The molecule has 0 saturated heterocycles. The molecule has 0 bridgehead atoms. The monoisotopic (exact) mass is 465 g/mol. The summed E-state index contributed by atoms with van der Waals surface area (Å²) in [4.78, 5) is 0. The summed E-state index contributed by atoms with van der Waals surface area (Å²) in [5.41, 5.74) is 7.57. The molecule has 5 rings (SSSR count). The molecule has 1 nitrogen and oxygen atoms in total. The molecule has 0 fully saturated rings. The van der Waals surface area contributed by atoms with Crippen LogP contribution in [0.15, 0.2) is 91.0 Å². The fourth-order valence-corrected chi connectivity index (χ4v) is 4.14. The first-order valence-corrected chi connectivity index (χ1v) is 13.7. The van der Waals surface area contributed by atoms with Gasteiger partial charge in [-0.2, -0.15) is 12.5 Å². The molecule has 1 aliphatic rings. The van der Waals surface area contributed by atoms with Crippen molar-refractivity contribution >= 4 is 35.5 Å². The third kappa shape index (κ3) is 4.37. The second kappa shape index (κ2) is 10.3. The first-order valence-electron chi connectivity index (χ1n) is 9.41. The summed E-state index contributed by atoms with van der Waals surface area (Å²) in [6.07, 6.45) is 4.54. The predicted octanol–water partition coefficient (Wildman–Crippen LogP) is 8.94. The minimum atomic E-state index is -0.556. The second-order valence-corrected chi connectivity index (χ2v) is 9.52. The molecular formula is C26H21Cl2NTi-2. The van der Waals surface area contributed by atoms with E-state index in [0.29, 0.717) is 0 Å². The zero-order chi connectivity index (χ0) is 20.2. The van der Waals surface area contributed by atoms with Gasteiger partial charge in [0.25, 0.3) is 0 Å². The number of benzene rings is 4. The normalized spacial score (nSPS) is 13.7. The molecule has 0 spiro atoms. The van der Waals surface area contributed by atoms with Crippen LogP contribution < -0.4 is 0 Å². The quantitative estimate of drug-likeness (QED) is 0.209. The molecule has 1 unspecified atom stereocenters. The van der Waals surface area contributed by atoms with Gasteiger partial charge in [-0.1, -0.05) is 102 Å². The number of nitrogens with two attached hydrogens (primary N) is 1. The van der Waals surface area contributed by atoms with E-state index in [9.17, 15) is 0 Å². The van der Waals surface area contributed by atoms with E-state index in [4.69, 9.17) is 18.6 Å². The van der Waals surface area contributed by atoms with E-state index in [0.717, 1.165) is 5.56 Å². The number of hydrogen-bond donors (Lipinski definition) is 0. The summed E-state index contributed by atoms with van der Waals surface area (Å²) in [5, 5.41) is 2.54. The van der Waals surface area contributed by atoms with Gasteiger partial charge >= 0.3 is 35.6 Å². The van der Waals surface area contributed by atoms with E-state index in [1.165, 1.54) is 38.6 Å². The van der Waals surface area contributed by atoms with Gasteiger partial charge in [-0.25, -0.2) is 0 Å².